The SMILES string of the molecule is NC(=O)c1cccc(C2(O)CCCC2)c1N. The highest BCUT2D eigenvalue weighted by atomic mass is 16.3. The maximum atomic E-state index is 11.2. The number of nitrogens with two attached hydrogens (primary N) is 2. The average Bonchev–Trinajstić information content (AvgIpc) is 2.66. The zero-order chi connectivity index (χ0) is 11.8. The number of rotatable bonds is 2. The van der Waals surface area contributed by atoms with E-state index in [4.69, 9.17) is 11.5 Å². The normalized spacial score (nSPS) is 18.6. The predicted octanol–water partition coefficient (Wildman–Crippen LogP) is 1.13. The molecule has 0 saturated heterocycles. The molecule has 1 saturated carbocycles. The first-order chi connectivity index (χ1) is 7.54. The molecular weight excluding hydrogens is 204 g/mol. The number of carbonyl (C=O) groups excluding carboxylic acids is 1. The molecule has 5 N–H and O–H groups in total. The molecule has 0 bridgehead atoms. The number of hydrogen-bond donors (Lipinski definition) is 3. The fourth-order valence-corrected chi connectivity index (χ4v) is 2.42. The fraction of sp³-hybridized carbons (Fsp3) is 0.417. The van der Waals surface area contributed by atoms with Crippen LogP contribution in [0, 0.1) is 0 Å². The van der Waals surface area contributed by atoms with Crippen LogP contribution < -0.4 is 11.5 Å². The van der Waals surface area contributed by atoms with Crippen LogP contribution in [0.2, 0.25) is 0 Å². The molecule has 0 unspecified atom stereocenters. The van der Waals surface area contributed by atoms with Gasteiger partial charge in [-0.25, -0.2) is 0 Å². The van der Waals surface area contributed by atoms with Crippen LogP contribution >= 0.6 is 0 Å². The van der Waals surface area contributed by atoms with E-state index in [1.54, 1.807) is 18.2 Å². The molecule has 4 nitrogen and oxygen atoms in total. The molecule has 0 aliphatic heterocycles. The number of amides is 1. The van der Waals surface area contributed by atoms with E-state index in [1.165, 1.54) is 0 Å². The van der Waals surface area contributed by atoms with E-state index in [0.717, 1.165) is 12.8 Å². The summed E-state index contributed by atoms with van der Waals surface area (Å²) in [6.07, 6.45) is 3.35. The third kappa shape index (κ3) is 1.65. The molecule has 0 spiro atoms. The minimum absolute atomic E-state index is 0.290. The average molecular weight is 220 g/mol. The Labute approximate surface area is 94.3 Å². The summed E-state index contributed by atoms with van der Waals surface area (Å²) in [7, 11) is 0. The second-order valence-corrected chi connectivity index (χ2v) is 4.37. The van der Waals surface area contributed by atoms with E-state index >= 15 is 0 Å². The molecule has 1 aliphatic carbocycles. The van der Waals surface area contributed by atoms with Gasteiger partial charge in [-0.3, -0.25) is 4.79 Å². The van der Waals surface area contributed by atoms with E-state index in [-0.39, 0.29) is 5.56 Å². The number of primary amides is 1. The van der Waals surface area contributed by atoms with Gasteiger partial charge in [-0.1, -0.05) is 25.0 Å². The molecular formula is C12H16N2O2. The van der Waals surface area contributed by atoms with Crippen LogP contribution in [0.3, 0.4) is 0 Å². The standard InChI is InChI=1S/C12H16N2O2/c13-10-8(11(14)15)4-3-5-9(10)12(16)6-1-2-7-12/h3-5,16H,1-2,6-7,13H2,(H2,14,15). The van der Waals surface area contributed by atoms with Gasteiger partial charge in [0.15, 0.2) is 0 Å². The monoisotopic (exact) mass is 220 g/mol. The summed E-state index contributed by atoms with van der Waals surface area (Å²) >= 11 is 0. The van der Waals surface area contributed by atoms with Gasteiger partial charge < -0.3 is 16.6 Å². The molecule has 1 aromatic rings. The number of carbonyl (C=O) groups is 1. The molecule has 16 heavy (non-hydrogen) atoms. The Morgan fingerprint density at radius 3 is 2.50 bits per heavy atom. The third-order valence-electron chi connectivity index (χ3n) is 3.30. The van der Waals surface area contributed by atoms with Crippen LogP contribution in [0.5, 0.6) is 0 Å². The smallest absolute Gasteiger partial charge is 0.250 e. The minimum Gasteiger partial charge on any atom is -0.398 e. The van der Waals surface area contributed by atoms with Crippen LogP contribution in [-0.2, 0) is 5.60 Å². The summed E-state index contributed by atoms with van der Waals surface area (Å²) in [6, 6.07) is 5.06. The van der Waals surface area contributed by atoms with Gasteiger partial charge in [0, 0.05) is 5.56 Å². The van der Waals surface area contributed by atoms with Gasteiger partial charge in [0.2, 0.25) is 0 Å². The number of benzene rings is 1. The predicted molar refractivity (Wildman–Crippen MR) is 61.7 cm³/mol. The van der Waals surface area contributed by atoms with E-state index in [9.17, 15) is 9.90 Å². The molecule has 0 heterocycles. The van der Waals surface area contributed by atoms with Gasteiger partial charge in [0.1, 0.15) is 0 Å². The van der Waals surface area contributed by atoms with Crippen molar-refractivity contribution in [1.82, 2.24) is 0 Å². The summed E-state index contributed by atoms with van der Waals surface area (Å²) in [5.74, 6) is -0.555. The van der Waals surface area contributed by atoms with Gasteiger partial charge >= 0.3 is 0 Å². The lowest BCUT2D eigenvalue weighted by atomic mass is 9.89. The van der Waals surface area contributed by atoms with Crippen molar-refractivity contribution in [2.75, 3.05) is 5.73 Å². The highest BCUT2D eigenvalue weighted by Gasteiger charge is 2.35. The number of aliphatic hydroxyl groups is 1. The maximum absolute atomic E-state index is 11.2. The lowest BCUT2D eigenvalue weighted by Gasteiger charge is -2.25. The van der Waals surface area contributed by atoms with Gasteiger partial charge in [0.05, 0.1) is 16.9 Å². The van der Waals surface area contributed by atoms with E-state index < -0.39 is 11.5 Å². The first-order valence-electron chi connectivity index (χ1n) is 5.46. The van der Waals surface area contributed by atoms with E-state index in [1.807, 2.05) is 0 Å². The van der Waals surface area contributed by atoms with E-state index in [2.05, 4.69) is 0 Å². The summed E-state index contributed by atoms with van der Waals surface area (Å²) in [6.45, 7) is 0. The highest BCUT2D eigenvalue weighted by molar-refractivity contribution is 5.98. The number of anilines is 1. The fourth-order valence-electron chi connectivity index (χ4n) is 2.42. The Hall–Kier alpha value is -1.55. The molecule has 1 aliphatic rings. The molecule has 0 aromatic heterocycles. The third-order valence-corrected chi connectivity index (χ3v) is 3.30. The lowest BCUT2D eigenvalue weighted by molar-refractivity contribution is 0.0452. The highest BCUT2D eigenvalue weighted by Crippen LogP contribution is 2.41. The zero-order valence-corrected chi connectivity index (χ0v) is 9.07. The van der Waals surface area contributed by atoms with Crippen molar-refractivity contribution < 1.29 is 9.90 Å². The Bertz CT molecular complexity index is 423. The lowest BCUT2D eigenvalue weighted by Crippen LogP contribution is -2.24. The van der Waals surface area contributed by atoms with Gasteiger partial charge in [-0.2, -0.15) is 0 Å². The van der Waals surface area contributed by atoms with Gasteiger partial charge in [-0.15, -0.1) is 0 Å². The van der Waals surface area contributed by atoms with Crippen LogP contribution in [0.1, 0.15) is 41.6 Å². The minimum atomic E-state index is -0.879. The molecule has 1 aromatic carbocycles. The van der Waals surface area contributed by atoms with Crippen molar-refractivity contribution in [1.29, 1.82) is 0 Å². The topological polar surface area (TPSA) is 89.3 Å². The van der Waals surface area contributed by atoms with Crippen LogP contribution in [0.4, 0.5) is 5.69 Å². The number of hydrogen-bond acceptors (Lipinski definition) is 3. The van der Waals surface area contributed by atoms with Crippen LogP contribution in [0.15, 0.2) is 18.2 Å². The molecule has 1 amide bonds. The number of nitrogen functional groups attached to an aromatic ring is 1. The van der Waals surface area contributed by atoms with Crippen molar-refractivity contribution in [2.45, 2.75) is 31.3 Å². The quantitative estimate of drug-likeness (QED) is 0.652. The molecule has 2 rings (SSSR count). The van der Waals surface area contributed by atoms with Crippen molar-refractivity contribution in [2.24, 2.45) is 5.73 Å². The summed E-state index contributed by atoms with van der Waals surface area (Å²) in [5.41, 5.74) is 11.5. The molecule has 0 radical (unpaired) electrons. The van der Waals surface area contributed by atoms with Crippen LogP contribution in [-0.4, -0.2) is 11.0 Å². The van der Waals surface area contributed by atoms with Crippen LogP contribution in [0.25, 0.3) is 0 Å². The molecule has 4 heteroatoms. The Morgan fingerprint density at radius 1 is 1.31 bits per heavy atom. The Morgan fingerprint density at radius 2 is 1.94 bits per heavy atom. The molecule has 0 atom stereocenters. The summed E-state index contributed by atoms with van der Waals surface area (Å²) in [4.78, 5) is 11.2. The first kappa shape index (κ1) is 11.0. The van der Waals surface area contributed by atoms with Gasteiger partial charge in [-0.05, 0) is 18.9 Å². The number of para-hydroxylation sites is 1. The van der Waals surface area contributed by atoms with Crippen molar-refractivity contribution in [3.05, 3.63) is 29.3 Å². The largest absolute Gasteiger partial charge is 0.398 e. The Balaban J connectivity index is 2.49. The van der Waals surface area contributed by atoms with Crippen molar-refractivity contribution >= 4 is 11.6 Å². The zero-order valence-electron chi connectivity index (χ0n) is 9.07. The van der Waals surface area contributed by atoms with Crippen molar-refractivity contribution in [3.63, 3.8) is 0 Å². The Kier molecular flexibility index (Phi) is 2.59. The maximum Gasteiger partial charge on any atom is 0.250 e. The second-order valence-electron chi connectivity index (χ2n) is 4.37. The summed E-state index contributed by atoms with van der Waals surface area (Å²) in [5, 5.41) is 10.4. The molecule has 86 valence electrons. The summed E-state index contributed by atoms with van der Waals surface area (Å²) < 4.78 is 0. The second kappa shape index (κ2) is 3.79. The molecule has 1 fully saturated rings. The van der Waals surface area contributed by atoms with Crippen molar-refractivity contribution in [3.8, 4) is 0 Å². The first-order valence-corrected chi connectivity index (χ1v) is 5.46. The van der Waals surface area contributed by atoms with E-state index in [0.29, 0.717) is 24.1 Å². The van der Waals surface area contributed by atoms with Gasteiger partial charge in [0.25, 0.3) is 5.91 Å².